The Morgan fingerprint density at radius 1 is 1.15 bits per heavy atom. The number of sulfonamides is 1. The first-order chi connectivity index (χ1) is 12.4. The molecule has 0 radical (unpaired) electrons. The molecule has 0 unspecified atom stereocenters. The Labute approximate surface area is 153 Å². The lowest BCUT2D eigenvalue weighted by atomic mass is 10.1. The van der Waals surface area contributed by atoms with Crippen molar-refractivity contribution in [3.05, 3.63) is 60.3 Å². The second-order valence-electron chi connectivity index (χ2n) is 5.71. The van der Waals surface area contributed by atoms with E-state index in [2.05, 4.69) is 9.71 Å². The first-order valence-electron chi connectivity index (χ1n) is 7.71. The van der Waals surface area contributed by atoms with E-state index in [1.54, 1.807) is 23.9 Å². The number of aromatic nitrogens is 2. The maximum Gasteiger partial charge on any atom is 0.264 e. The lowest BCUT2D eigenvalue weighted by Crippen LogP contribution is -2.15. The van der Waals surface area contributed by atoms with E-state index in [0.717, 1.165) is 40.8 Å². The van der Waals surface area contributed by atoms with Gasteiger partial charge < -0.3 is 4.57 Å². The molecular formula is C17H13F2N3O2S2. The molecule has 2 heterocycles. The van der Waals surface area contributed by atoms with Gasteiger partial charge in [-0.1, -0.05) is 23.9 Å². The van der Waals surface area contributed by atoms with Gasteiger partial charge in [0.15, 0.2) is 5.16 Å². The Bertz CT molecular complexity index is 1080. The molecule has 0 aliphatic carbocycles. The molecule has 1 aliphatic rings. The maximum atomic E-state index is 13.8. The van der Waals surface area contributed by atoms with Crippen LogP contribution < -0.4 is 4.72 Å². The van der Waals surface area contributed by atoms with E-state index in [-0.39, 0.29) is 5.69 Å². The minimum absolute atomic E-state index is 0.243. The van der Waals surface area contributed by atoms with Crippen molar-refractivity contribution in [1.29, 1.82) is 0 Å². The molecule has 1 aliphatic heterocycles. The summed E-state index contributed by atoms with van der Waals surface area (Å²) in [5.41, 5.74) is 1.70. The molecule has 0 saturated heterocycles. The third kappa shape index (κ3) is 3.19. The SMILES string of the molecule is O=S(=O)(Nc1cccc(-c2cn3c(n2)SCC3)c1)c1cc(F)ccc1F. The molecule has 0 bridgehead atoms. The lowest BCUT2D eigenvalue weighted by molar-refractivity contribution is 0.555. The van der Waals surface area contributed by atoms with Crippen LogP contribution in [0.2, 0.25) is 0 Å². The summed E-state index contributed by atoms with van der Waals surface area (Å²) >= 11 is 1.66. The van der Waals surface area contributed by atoms with Crippen LogP contribution in [0.25, 0.3) is 11.3 Å². The average molecular weight is 393 g/mol. The number of hydrogen-bond acceptors (Lipinski definition) is 4. The predicted octanol–water partition coefficient (Wildman–Crippen LogP) is 3.73. The summed E-state index contributed by atoms with van der Waals surface area (Å²) in [6.07, 6.45) is 1.91. The van der Waals surface area contributed by atoms with Crippen molar-refractivity contribution < 1.29 is 17.2 Å². The summed E-state index contributed by atoms with van der Waals surface area (Å²) in [4.78, 5) is 3.79. The number of fused-ring (bicyclic) bond motifs is 1. The predicted molar refractivity (Wildman–Crippen MR) is 95.6 cm³/mol. The molecule has 26 heavy (non-hydrogen) atoms. The van der Waals surface area contributed by atoms with E-state index in [1.807, 2.05) is 16.8 Å². The van der Waals surface area contributed by atoms with E-state index in [9.17, 15) is 17.2 Å². The summed E-state index contributed by atoms with van der Waals surface area (Å²) in [5, 5.41) is 0.924. The van der Waals surface area contributed by atoms with Crippen LogP contribution in [0, 0.1) is 11.6 Å². The van der Waals surface area contributed by atoms with Crippen molar-refractivity contribution in [1.82, 2.24) is 9.55 Å². The van der Waals surface area contributed by atoms with Crippen molar-refractivity contribution in [2.75, 3.05) is 10.5 Å². The largest absolute Gasteiger partial charge is 0.325 e. The van der Waals surface area contributed by atoms with Crippen molar-refractivity contribution in [3.63, 3.8) is 0 Å². The summed E-state index contributed by atoms with van der Waals surface area (Å²) < 4.78 is 56.2. The van der Waals surface area contributed by atoms with Gasteiger partial charge in [0.2, 0.25) is 0 Å². The van der Waals surface area contributed by atoms with E-state index < -0.39 is 26.6 Å². The summed E-state index contributed by atoms with van der Waals surface area (Å²) in [6, 6.07) is 8.93. The Balaban J connectivity index is 1.65. The number of thioether (sulfide) groups is 1. The fourth-order valence-corrected chi connectivity index (χ4v) is 4.77. The summed E-state index contributed by atoms with van der Waals surface area (Å²) in [6.45, 7) is 0.887. The molecule has 3 aromatic rings. The third-order valence-corrected chi connectivity index (χ3v) is 6.26. The highest BCUT2D eigenvalue weighted by Gasteiger charge is 2.21. The Hall–Kier alpha value is -2.39. The number of nitrogens with zero attached hydrogens (tertiary/aromatic N) is 2. The standard InChI is InChI=1S/C17H13F2N3O2S2/c18-12-4-5-14(19)16(9-12)26(23,24)21-13-3-1-2-11(8-13)15-10-22-6-7-25-17(22)20-15/h1-5,8-10,21H,6-7H2. The van der Waals surface area contributed by atoms with Gasteiger partial charge in [0.25, 0.3) is 10.0 Å². The molecule has 0 spiro atoms. The van der Waals surface area contributed by atoms with Crippen LogP contribution in [0.15, 0.2) is 58.7 Å². The number of hydrogen-bond donors (Lipinski definition) is 1. The van der Waals surface area contributed by atoms with Crippen LogP contribution in [-0.2, 0) is 16.6 Å². The normalized spacial score (nSPS) is 13.6. The summed E-state index contributed by atoms with van der Waals surface area (Å²) in [7, 11) is -4.26. The van der Waals surface area contributed by atoms with Gasteiger partial charge in [0.05, 0.1) is 5.69 Å². The van der Waals surface area contributed by atoms with Crippen molar-refractivity contribution in [2.45, 2.75) is 16.6 Å². The van der Waals surface area contributed by atoms with E-state index in [0.29, 0.717) is 6.07 Å². The molecule has 1 N–H and O–H groups in total. The highest BCUT2D eigenvalue weighted by atomic mass is 32.2. The second-order valence-corrected chi connectivity index (χ2v) is 8.42. The number of halogens is 2. The number of nitrogens with one attached hydrogen (secondary N) is 1. The van der Waals surface area contributed by atoms with Gasteiger partial charge in [-0.3, -0.25) is 4.72 Å². The smallest absolute Gasteiger partial charge is 0.264 e. The van der Waals surface area contributed by atoms with Crippen LogP contribution in [0.5, 0.6) is 0 Å². The van der Waals surface area contributed by atoms with Crippen LogP contribution in [-0.4, -0.2) is 23.7 Å². The fourth-order valence-electron chi connectivity index (χ4n) is 2.68. The quantitative estimate of drug-likeness (QED) is 0.734. The van der Waals surface area contributed by atoms with Crippen molar-refractivity contribution in [2.24, 2.45) is 0 Å². The first-order valence-corrected chi connectivity index (χ1v) is 10.2. The molecule has 0 atom stereocenters. The van der Waals surface area contributed by atoms with Crippen LogP contribution >= 0.6 is 11.8 Å². The van der Waals surface area contributed by atoms with Crippen LogP contribution in [0.4, 0.5) is 14.5 Å². The lowest BCUT2D eigenvalue weighted by Gasteiger charge is -2.10. The minimum atomic E-state index is -4.26. The molecule has 0 amide bonds. The van der Waals surface area contributed by atoms with Gasteiger partial charge >= 0.3 is 0 Å². The van der Waals surface area contributed by atoms with Gasteiger partial charge in [-0.2, -0.15) is 0 Å². The van der Waals surface area contributed by atoms with E-state index >= 15 is 0 Å². The molecule has 0 saturated carbocycles. The van der Waals surface area contributed by atoms with E-state index in [4.69, 9.17) is 0 Å². The average Bonchev–Trinajstić information content (AvgIpc) is 3.18. The molecule has 134 valence electrons. The number of imidazole rings is 1. The first kappa shape index (κ1) is 17.0. The van der Waals surface area contributed by atoms with Gasteiger partial charge in [-0.05, 0) is 30.3 Å². The molecule has 4 rings (SSSR count). The van der Waals surface area contributed by atoms with Gasteiger partial charge in [-0.15, -0.1) is 0 Å². The molecule has 2 aromatic carbocycles. The zero-order valence-corrected chi connectivity index (χ0v) is 14.9. The van der Waals surface area contributed by atoms with Crippen molar-refractivity contribution in [3.8, 4) is 11.3 Å². The zero-order valence-electron chi connectivity index (χ0n) is 13.3. The van der Waals surface area contributed by atoms with Gasteiger partial charge in [0.1, 0.15) is 16.5 Å². The molecule has 9 heteroatoms. The van der Waals surface area contributed by atoms with Crippen molar-refractivity contribution >= 4 is 27.5 Å². The summed E-state index contributed by atoms with van der Waals surface area (Å²) in [5.74, 6) is -0.857. The van der Waals surface area contributed by atoms with Crippen LogP contribution in [0.1, 0.15) is 0 Å². The molecule has 1 aromatic heterocycles. The van der Waals surface area contributed by atoms with Gasteiger partial charge in [-0.25, -0.2) is 22.2 Å². The number of rotatable bonds is 4. The number of aryl methyl sites for hydroxylation is 1. The Morgan fingerprint density at radius 2 is 2.00 bits per heavy atom. The zero-order chi connectivity index (χ0) is 18.3. The molecular weight excluding hydrogens is 380 g/mol. The second kappa shape index (κ2) is 6.40. The van der Waals surface area contributed by atoms with Gasteiger partial charge in [0, 0.05) is 29.7 Å². The topological polar surface area (TPSA) is 64.0 Å². The number of anilines is 1. The minimum Gasteiger partial charge on any atom is -0.325 e. The Morgan fingerprint density at radius 3 is 2.81 bits per heavy atom. The Kier molecular flexibility index (Phi) is 4.20. The fraction of sp³-hybridized carbons (Fsp3) is 0.118. The maximum absolute atomic E-state index is 13.8. The third-order valence-electron chi connectivity index (χ3n) is 3.90. The molecule has 5 nitrogen and oxygen atoms in total. The van der Waals surface area contributed by atoms with Crippen LogP contribution in [0.3, 0.4) is 0 Å². The molecule has 0 fully saturated rings. The number of benzene rings is 2. The highest BCUT2D eigenvalue weighted by Crippen LogP contribution is 2.30. The monoisotopic (exact) mass is 393 g/mol. The highest BCUT2D eigenvalue weighted by molar-refractivity contribution is 7.99. The van der Waals surface area contributed by atoms with E-state index in [1.165, 1.54) is 6.07 Å².